The first-order valence-corrected chi connectivity index (χ1v) is 8.58. The van der Waals surface area contributed by atoms with Crippen molar-refractivity contribution in [1.29, 1.82) is 5.26 Å². The van der Waals surface area contributed by atoms with E-state index in [-0.39, 0.29) is 18.0 Å². The molecule has 0 bridgehead atoms. The van der Waals surface area contributed by atoms with Crippen molar-refractivity contribution in [3.8, 4) is 6.07 Å². The summed E-state index contributed by atoms with van der Waals surface area (Å²) < 4.78 is 0. The number of amides is 2. The quantitative estimate of drug-likeness (QED) is 0.674. The minimum atomic E-state index is -1.66. The molecule has 4 rings (SSSR count). The number of hydrogen-bond donors (Lipinski definition) is 3. The van der Waals surface area contributed by atoms with Crippen molar-refractivity contribution in [3.63, 3.8) is 0 Å². The van der Waals surface area contributed by atoms with Gasteiger partial charge in [0.2, 0.25) is 6.23 Å². The summed E-state index contributed by atoms with van der Waals surface area (Å²) in [5, 5.41) is 21.3. The topological polar surface area (TPSA) is 135 Å². The van der Waals surface area contributed by atoms with Crippen molar-refractivity contribution >= 4 is 23.0 Å². The van der Waals surface area contributed by atoms with E-state index in [4.69, 9.17) is 5.26 Å². The normalized spacial score (nSPS) is 20.8. The summed E-state index contributed by atoms with van der Waals surface area (Å²) in [6.45, 7) is 0.666. The predicted octanol–water partition coefficient (Wildman–Crippen LogP) is 0.256. The lowest BCUT2D eigenvalue weighted by Crippen LogP contribution is -2.47. The third kappa shape index (κ3) is 2.99. The molecule has 0 aromatic carbocycles. The van der Waals surface area contributed by atoms with E-state index in [1.165, 1.54) is 11.1 Å². The molecule has 1 aliphatic carbocycles. The second-order valence-electron chi connectivity index (χ2n) is 6.74. The van der Waals surface area contributed by atoms with E-state index >= 15 is 0 Å². The summed E-state index contributed by atoms with van der Waals surface area (Å²) in [5.74, 6) is -1.05. The Kier molecular flexibility index (Phi) is 4.05. The molecule has 2 aromatic heterocycles. The van der Waals surface area contributed by atoms with E-state index in [2.05, 4.69) is 26.3 Å². The monoisotopic (exact) mass is 354 g/mol. The van der Waals surface area contributed by atoms with Crippen molar-refractivity contribution in [2.24, 2.45) is 5.92 Å². The van der Waals surface area contributed by atoms with Crippen molar-refractivity contribution in [2.45, 2.75) is 31.4 Å². The number of fused-ring (bicyclic) bond motifs is 1. The van der Waals surface area contributed by atoms with Crippen LogP contribution >= 0.6 is 0 Å². The van der Waals surface area contributed by atoms with Crippen LogP contribution in [0, 0.1) is 17.2 Å². The van der Waals surface area contributed by atoms with Gasteiger partial charge in [-0.1, -0.05) is 0 Å². The zero-order chi connectivity index (χ0) is 18.3. The molecule has 26 heavy (non-hydrogen) atoms. The van der Waals surface area contributed by atoms with Crippen LogP contribution in [0.1, 0.15) is 41.2 Å². The Hall–Kier alpha value is -2.99. The van der Waals surface area contributed by atoms with Crippen LogP contribution in [0.15, 0.2) is 12.4 Å². The molecule has 3 heterocycles. The second kappa shape index (κ2) is 6.38. The minimum absolute atomic E-state index is 0.230. The number of carbonyl (C=O) groups excluding carboxylic acids is 2. The molecule has 2 aliphatic rings. The Morgan fingerprint density at radius 2 is 2.23 bits per heavy atom. The number of nitrogens with zero attached hydrogens (tertiary/aromatic N) is 4. The van der Waals surface area contributed by atoms with Crippen molar-refractivity contribution in [1.82, 2.24) is 25.2 Å². The largest absolute Gasteiger partial charge is 0.365 e. The van der Waals surface area contributed by atoms with Gasteiger partial charge < -0.3 is 20.3 Å². The van der Waals surface area contributed by atoms with Gasteiger partial charge in [-0.2, -0.15) is 5.26 Å². The van der Waals surface area contributed by atoms with Gasteiger partial charge >= 0.3 is 0 Å². The minimum Gasteiger partial charge on any atom is -0.365 e. The highest BCUT2D eigenvalue weighted by Gasteiger charge is 2.31. The number of carbonyl (C=O) groups is 2. The van der Waals surface area contributed by atoms with Crippen LogP contribution in [0.4, 0.5) is 0 Å². The number of hydrogen-bond acceptors (Lipinski definition) is 6. The summed E-state index contributed by atoms with van der Waals surface area (Å²) in [5.41, 5.74) is 1.99. The summed E-state index contributed by atoms with van der Waals surface area (Å²) >= 11 is 0. The molecule has 2 amide bonds. The zero-order valence-corrected chi connectivity index (χ0v) is 14.0. The van der Waals surface area contributed by atoms with E-state index < -0.39 is 18.0 Å². The maximum Gasteiger partial charge on any atom is 0.272 e. The molecule has 2 aromatic rings. The van der Waals surface area contributed by atoms with Gasteiger partial charge in [-0.05, 0) is 19.3 Å². The van der Waals surface area contributed by atoms with Gasteiger partial charge in [-0.3, -0.25) is 9.59 Å². The number of likely N-dealkylation sites (tertiary alicyclic amines) is 1. The van der Waals surface area contributed by atoms with Crippen LogP contribution < -0.4 is 5.32 Å². The lowest BCUT2D eigenvalue weighted by molar-refractivity contribution is -0.140. The van der Waals surface area contributed by atoms with Crippen LogP contribution in [-0.2, 0) is 4.79 Å². The Morgan fingerprint density at radius 3 is 2.92 bits per heavy atom. The molecule has 0 unspecified atom stereocenters. The number of nitrogens with one attached hydrogen (secondary N) is 2. The summed E-state index contributed by atoms with van der Waals surface area (Å²) in [6.07, 6.45) is 4.22. The second-order valence-corrected chi connectivity index (χ2v) is 6.74. The van der Waals surface area contributed by atoms with E-state index in [0.717, 1.165) is 18.5 Å². The smallest absolute Gasteiger partial charge is 0.272 e. The highest BCUT2D eigenvalue weighted by molar-refractivity contribution is 6.05. The Labute approximate surface area is 149 Å². The third-order valence-corrected chi connectivity index (χ3v) is 4.82. The molecule has 1 saturated heterocycles. The van der Waals surface area contributed by atoms with Crippen LogP contribution in [0.3, 0.4) is 0 Å². The zero-order valence-electron chi connectivity index (χ0n) is 14.0. The number of H-pyrrole nitrogens is 1. The van der Waals surface area contributed by atoms with E-state index in [1.807, 2.05) is 0 Å². The highest BCUT2D eigenvalue weighted by atomic mass is 16.3. The van der Waals surface area contributed by atoms with E-state index in [0.29, 0.717) is 30.0 Å². The number of aliphatic hydroxyl groups excluding tert-OH is 1. The predicted molar refractivity (Wildman–Crippen MR) is 89.6 cm³/mol. The molecule has 0 radical (unpaired) electrons. The van der Waals surface area contributed by atoms with Gasteiger partial charge in [0, 0.05) is 25.2 Å². The van der Waals surface area contributed by atoms with Crippen LogP contribution in [0.2, 0.25) is 0 Å². The fraction of sp³-hybridized carbons (Fsp3) is 0.471. The Bertz CT molecular complexity index is 913. The molecule has 0 spiro atoms. The molecule has 9 nitrogen and oxygen atoms in total. The first kappa shape index (κ1) is 16.5. The Morgan fingerprint density at radius 1 is 1.42 bits per heavy atom. The maximum atomic E-state index is 12.5. The number of aromatic amines is 1. The first-order chi connectivity index (χ1) is 12.6. The fourth-order valence-corrected chi connectivity index (χ4v) is 3.16. The third-order valence-electron chi connectivity index (χ3n) is 4.82. The van der Waals surface area contributed by atoms with Gasteiger partial charge in [0.15, 0.2) is 5.65 Å². The van der Waals surface area contributed by atoms with Gasteiger partial charge in [0.25, 0.3) is 11.8 Å². The van der Waals surface area contributed by atoms with Gasteiger partial charge in [0.05, 0.1) is 29.4 Å². The summed E-state index contributed by atoms with van der Waals surface area (Å²) in [6, 6.07) is 2.11. The highest BCUT2D eigenvalue weighted by Crippen LogP contribution is 2.39. The molecule has 3 N–H and O–H groups in total. The van der Waals surface area contributed by atoms with Crippen LogP contribution in [-0.4, -0.2) is 56.1 Å². The summed E-state index contributed by atoms with van der Waals surface area (Å²) in [4.78, 5) is 37.8. The number of aliphatic hydroxyl groups is 1. The van der Waals surface area contributed by atoms with Crippen molar-refractivity contribution in [2.75, 3.05) is 13.1 Å². The van der Waals surface area contributed by atoms with Gasteiger partial charge in [-0.25, -0.2) is 9.97 Å². The molecule has 2 atom stereocenters. The van der Waals surface area contributed by atoms with Crippen molar-refractivity contribution in [3.05, 3.63) is 23.7 Å². The number of nitriles is 1. The molecule has 1 saturated carbocycles. The lowest BCUT2D eigenvalue weighted by Gasteiger charge is -2.20. The molecule has 1 aliphatic heterocycles. The maximum absolute atomic E-state index is 12.5. The standard InChI is InChI=1S/C17H18N6O3/c18-5-9-3-4-23(8-9)17(26)16(25)22-15(24)11-6-19-14-13(11)21-12(7-20-14)10-1-2-10/h6-7,9-10,16,25H,1-4,8H2,(H,19,20)(H,22,24)/t9-,16-/m1/s1. The first-order valence-electron chi connectivity index (χ1n) is 8.58. The van der Waals surface area contributed by atoms with Gasteiger partial charge in [-0.15, -0.1) is 0 Å². The van der Waals surface area contributed by atoms with Crippen molar-refractivity contribution < 1.29 is 14.7 Å². The fourth-order valence-electron chi connectivity index (χ4n) is 3.16. The molecular formula is C17H18N6O3. The number of rotatable bonds is 4. The molecule has 2 fully saturated rings. The van der Waals surface area contributed by atoms with Crippen LogP contribution in [0.25, 0.3) is 11.2 Å². The van der Waals surface area contributed by atoms with E-state index in [1.54, 1.807) is 6.20 Å². The number of aromatic nitrogens is 3. The summed E-state index contributed by atoms with van der Waals surface area (Å²) in [7, 11) is 0. The molecule has 134 valence electrons. The van der Waals surface area contributed by atoms with Crippen LogP contribution in [0.5, 0.6) is 0 Å². The molecular weight excluding hydrogens is 336 g/mol. The van der Waals surface area contributed by atoms with Gasteiger partial charge in [0.1, 0.15) is 5.52 Å². The average molecular weight is 354 g/mol. The Balaban J connectivity index is 1.47. The lowest BCUT2D eigenvalue weighted by atomic mass is 10.1. The van der Waals surface area contributed by atoms with E-state index in [9.17, 15) is 14.7 Å². The SMILES string of the molecule is N#C[C@H]1CCN(C(=O)[C@@H](O)NC(=O)c2c[nH]c3ncc(C4CC4)nc23)C1. The molecule has 9 heteroatoms. The average Bonchev–Trinajstić information content (AvgIpc) is 3.23.